The van der Waals surface area contributed by atoms with Crippen molar-refractivity contribution in [1.29, 1.82) is 0 Å². The minimum atomic E-state index is -0.733. The number of ether oxygens (including phenoxy) is 1. The summed E-state index contributed by atoms with van der Waals surface area (Å²) in [5.74, 6) is 0.675. The number of rotatable bonds is 6. The average molecular weight is 291 g/mol. The van der Waals surface area contributed by atoms with Crippen LogP contribution in [0.4, 0.5) is 0 Å². The zero-order chi connectivity index (χ0) is 15.2. The van der Waals surface area contributed by atoms with Crippen LogP contribution in [0.3, 0.4) is 0 Å². The Balaban J connectivity index is 1.95. The van der Waals surface area contributed by atoms with E-state index in [1.54, 1.807) is 0 Å². The smallest absolute Gasteiger partial charge is 0.304 e. The Morgan fingerprint density at radius 1 is 1.43 bits per heavy atom. The molecule has 0 saturated carbocycles. The van der Waals surface area contributed by atoms with E-state index in [0.717, 1.165) is 31.7 Å². The number of para-hydroxylation sites is 1. The molecular formula is C17H25NO3. The fourth-order valence-electron chi connectivity index (χ4n) is 2.81. The summed E-state index contributed by atoms with van der Waals surface area (Å²) >= 11 is 0. The summed E-state index contributed by atoms with van der Waals surface area (Å²) < 4.78 is 6.20. The molecule has 1 saturated heterocycles. The number of nitrogens with zero attached hydrogens (tertiary/aromatic N) is 1. The van der Waals surface area contributed by atoms with Crippen LogP contribution in [-0.2, 0) is 4.79 Å². The van der Waals surface area contributed by atoms with E-state index >= 15 is 0 Å². The number of carboxylic acids is 1. The lowest BCUT2D eigenvalue weighted by Crippen LogP contribution is -2.42. The van der Waals surface area contributed by atoms with Gasteiger partial charge >= 0.3 is 5.97 Å². The second-order valence-electron chi connectivity index (χ2n) is 6.02. The van der Waals surface area contributed by atoms with Gasteiger partial charge in [0.1, 0.15) is 11.9 Å². The van der Waals surface area contributed by atoms with Crippen LogP contribution in [0, 0.1) is 0 Å². The molecule has 0 spiro atoms. The van der Waals surface area contributed by atoms with E-state index in [4.69, 9.17) is 9.84 Å². The summed E-state index contributed by atoms with van der Waals surface area (Å²) in [5.41, 5.74) is 1.24. The highest BCUT2D eigenvalue weighted by molar-refractivity contribution is 5.66. The first-order chi connectivity index (χ1) is 10.1. The minimum absolute atomic E-state index is 0.160. The number of hydrogen-bond donors (Lipinski definition) is 1. The lowest BCUT2D eigenvalue weighted by atomic mass is 10.0. The molecule has 1 N–H and O–H groups in total. The van der Waals surface area contributed by atoms with E-state index in [2.05, 4.69) is 24.8 Å². The van der Waals surface area contributed by atoms with Crippen molar-refractivity contribution in [3.63, 3.8) is 0 Å². The van der Waals surface area contributed by atoms with E-state index in [1.165, 1.54) is 5.56 Å². The molecule has 1 aliphatic heterocycles. The number of likely N-dealkylation sites (tertiary alicyclic amines) is 1. The topological polar surface area (TPSA) is 49.8 Å². The SMILES string of the molecule is CC(C)c1ccccc1OC1CCCN(CCC(=O)O)C1. The first-order valence-corrected chi connectivity index (χ1v) is 7.76. The van der Waals surface area contributed by atoms with E-state index < -0.39 is 5.97 Å². The Labute approximate surface area is 126 Å². The Morgan fingerprint density at radius 3 is 2.90 bits per heavy atom. The van der Waals surface area contributed by atoms with Gasteiger partial charge in [0, 0.05) is 13.1 Å². The van der Waals surface area contributed by atoms with Crippen molar-refractivity contribution in [2.45, 2.75) is 45.1 Å². The minimum Gasteiger partial charge on any atom is -0.489 e. The third-order valence-corrected chi connectivity index (χ3v) is 3.94. The third kappa shape index (κ3) is 4.74. The lowest BCUT2D eigenvalue weighted by molar-refractivity contribution is -0.137. The molecule has 1 aliphatic rings. The molecule has 0 radical (unpaired) electrons. The van der Waals surface area contributed by atoms with Gasteiger partial charge < -0.3 is 9.84 Å². The predicted octanol–water partition coefficient (Wildman–Crippen LogP) is 3.13. The molecule has 1 fully saturated rings. The Morgan fingerprint density at radius 2 is 2.19 bits per heavy atom. The van der Waals surface area contributed by atoms with Crippen molar-refractivity contribution in [3.05, 3.63) is 29.8 Å². The molecule has 21 heavy (non-hydrogen) atoms. The highest BCUT2D eigenvalue weighted by Crippen LogP contribution is 2.28. The second kappa shape index (κ2) is 7.46. The quantitative estimate of drug-likeness (QED) is 0.875. The highest BCUT2D eigenvalue weighted by Gasteiger charge is 2.22. The van der Waals surface area contributed by atoms with Crippen LogP contribution in [0.1, 0.15) is 44.6 Å². The lowest BCUT2D eigenvalue weighted by Gasteiger charge is -2.33. The normalized spacial score (nSPS) is 19.7. The number of carboxylic acid groups (broad SMARTS) is 1. The molecule has 1 atom stereocenters. The molecule has 1 heterocycles. The van der Waals surface area contributed by atoms with Crippen LogP contribution in [0.2, 0.25) is 0 Å². The van der Waals surface area contributed by atoms with E-state index in [9.17, 15) is 4.79 Å². The molecule has 0 aromatic heterocycles. The summed E-state index contributed by atoms with van der Waals surface area (Å²) in [4.78, 5) is 12.9. The van der Waals surface area contributed by atoms with Crippen LogP contribution in [-0.4, -0.2) is 41.7 Å². The fourth-order valence-corrected chi connectivity index (χ4v) is 2.81. The Bertz CT molecular complexity index is 473. The Hall–Kier alpha value is -1.55. The summed E-state index contributed by atoms with van der Waals surface area (Å²) in [6.45, 7) is 6.74. The monoisotopic (exact) mass is 291 g/mol. The van der Waals surface area contributed by atoms with E-state index in [1.807, 2.05) is 18.2 Å². The van der Waals surface area contributed by atoms with Gasteiger partial charge in [-0.1, -0.05) is 32.0 Å². The van der Waals surface area contributed by atoms with Gasteiger partial charge in [-0.25, -0.2) is 0 Å². The highest BCUT2D eigenvalue weighted by atomic mass is 16.5. The van der Waals surface area contributed by atoms with Crippen molar-refractivity contribution in [3.8, 4) is 5.75 Å². The number of hydrogen-bond acceptors (Lipinski definition) is 3. The van der Waals surface area contributed by atoms with Crippen LogP contribution < -0.4 is 4.74 Å². The Kier molecular flexibility index (Phi) is 5.62. The second-order valence-corrected chi connectivity index (χ2v) is 6.02. The van der Waals surface area contributed by atoms with E-state index in [0.29, 0.717) is 12.5 Å². The van der Waals surface area contributed by atoms with E-state index in [-0.39, 0.29) is 12.5 Å². The molecule has 4 nitrogen and oxygen atoms in total. The van der Waals surface area contributed by atoms with Crippen LogP contribution in [0.5, 0.6) is 5.75 Å². The predicted molar refractivity (Wildman–Crippen MR) is 82.9 cm³/mol. The maximum Gasteiger partial charge on any atom is 0.304 e. The molecule has 0 bridgehead atoms. The molecule has 0 amide bonds. The van der Waals surface area contributed by atoms with Crippen molar-refractivity contribution in [2.24, 2.45) is 0 Å². The van der Waals surface area contributed by atoms with Gasteiger partial charge in [-0.2, -0.15) is 0 Å². The van der Waals surface area contributed by atoms with Crippen LogP contribution >= 0.6 is 0 Å². The van der Waals surface area contributed by atoms with Gasteiger partial charge in [0.25, 0.3) is 0 Å². The average Bonchev–Trinajstić information content (AvgIpc) is 2.46. The summed E-state index contributed by atoms with van der Waals surface area (Å²) in [6, 6.07) is 8.20. The van der Waals surface area contributed by atoms with Crippen LogP contribution in [0.15, 0.2) is 24.3 Å². The van der Waals surface area contributed by atoms with Crippen molar-refractivity contribution >= 4 is 5.97 Å². The van der Waals surface area contributed by atoms with Crippen molar-refractivity contribution in [1.82, 2.24) is 4.90 Å². The maximum absolute atomic E-state index is 10.7. The molecule has 1 aromatic carbocycles. The number of benzene rings is 1. The molecule has 1 unspecified atom stereocenters. The standard InChI is InChI=1S/C17H25NO3/c1-13(2)15-7-3-4-8-16(15)21-14-6-5-10-18(12-14)11-9-17(19)20/h3-4,7-8,13-14H,5-6,9-12H2,1-2H3,(H,19,20). The number of carbonyl (C=O) groups is 1. The largest absolute Gasteiger partial charge is 0.489 e. The van der Waals surface area contributed by atoms with Gasteiger partial charge in [0.15, 0.2) is 0 Å². The summed E-state index contributed by atoms with van der Waals surface area (Å²) in [6.07, 6.45) is 2.46. The van der Waals surface area contributed by atoms with Gasteiger partial charge in [-0.15, -0.1) is 0 Å². The molecule has 0 aliphatic carbocycles. The summed E-state index contributed by atoms with van der Waals surface area (Å²) in [7, 11) is 0. The first kappa shape index (κ1) is 15.8. The molecular weight excluding hydrogens is 266 g/mol. The van der Waals surface area contributed by atoms with Gasteiger partial charge in [0.05, 0.1) is 6.42 Å². The zero-order valence-electron chi connectivity index (χ0n) is 12.9. The molecule has 116 valence electrons. The van der Waals surface area contributed by atoms with Crippen molar-refractivity contribution < 1.29 is 14.6 Å². The van der Waals surface area contributed by atoms with Crippen molar-refractivity contribution in [2.75, 3.05) is 19.6 Å². The molecule has 4 heteroatoms. The molecule has 1 aromatic rings. The molecule has 2 rings (SSSR count). The third-order valence-electron chi connectivity index (χ3n) is 3.94. The first-order valence-electron chi connectivity index (χ1n) is 7.76. The number of piperidine rings is 1. The van der Waals surface area contributed by atoms with Gasteiger partial charge in [0.2, 0.25) is 0 Å². The number of aliphatic carboxylic acids is 1. The van der Waals surface area contributed by atoms with Crippen LogP contribution in [0.25, 0.3) is 0 Å². The van der Waals surface area contributed by atoms with Gasteiger partial charge in [-0.3, -0.25) is 9.69 Å². The fraction of sp³-hybridized carbons (Fsp3) is 0.588. The maximum atomic E-state index is 10.7. The summed E-state index contributed by atoms with van der Waals surface area (Å²) in [5, 5.41) is 8.78. The van der Waals surface area contributed by atoms with Gasteiger partial charge in [-0.05, 0) is 36.9 Å². The zero-order valence-corrected chi connectivity index (χ0v) is 12.9.